The summed E-state index contributed by atoms with van der Waals surface area (Å²) in [5.74, 6) is -1.15. The highest BCUT2D eigenvalue weighted by Gasteiger charge is 2.24. The summed E-state index contributed by atoms with van der Waals surface area (Å²) in [6, 6.07) is 16.6. The number of aryl methyl sites for hydroxylation is 1. The Balaban J connectivity index is 1.31. The van der Waals surface area contributed by atoms with Crippen LogP contribution in [-0.4, -0.2) is 40.2 Å². The van der Waals surface area contributed by atoms with Gasteiger partial charge in [-0.3, -0.25) is 14.4 Å². The van der Waals surface area contributed by atoms with E-state index < -0.39 is 18.5 Å². The largest absolute Gasteiger partial charge is 0.455 e. The normalized spacial score (nSPS) is 12.8. The van der Waals surface area contributed by atoms with Crippen LogP contribution in [0, 0.1) is 13.8 Å². The molecule has 8 nitrogen and oxygen atoms in total. The molecule has 1 aliphatic carbocycles. The second-order valence-electron chi connectivity index (χ2n) is 8.11. The summed E-state index contributed by atoms with van der Waals surface area (Å²) >= 11 is 0. The van der Waals surface area contributed by atoms with Crippen LogP contribution in [0.25, 0.3) is 5.69 Å². The van der Waals surface area contributed by atoms with E-state index in [0.29, 0.717) is 11.3 Å². The summed E-state index contributed by atoms with van der Waals surface area (Å²) in [6.45, 7) is 3.32. The molecule has 0 spiro atoms. The van der Waals surface area contributed by atoms with Gasteiger partial charge in [0.1, 0.15) is 0 Å². The van der Waals surface area contributed by atoms with Gasteiger partial charge in [-0.05, 0) is 57.0 Å². The van der Waals surface area contributed by atoms with E-state index in [1.165, 1.54) is 0 Å². The van der Waals surface area contributed by atoms with Gasteiger partial charge in [0, 0.05) is 28.6 Å². The lowest BCUT2D eigenvalue weighted by molar-refractivity contribution is -0.146. The fraction of sp³-hybridized carbons (Fsp3) is 0.280. The van der Waals surface area contributed by atoms with Crippen molar-refractivity contribution in [3.8, 4) is 5.69 Å². The van der Waals surface area contributed by atoms with E-state index in [4.69, 9.17) is 4.74 Å². The molecule has 0 saturated heterocycles. The highest BCUT2D eigenvalue weighted by atomic mass is 16.5. The lowest BCUT2D eigenvalue weighted by atomic mass is 10.1. The van der Waals surface area contributed by atoms with Crippen molar-refractivity contribution in [3.05, 3.63) is 77.1 Å². The van der Waals surface area contributed by atoms with Gasteiger partial charge in [-0.1, -0.05) is 24.3 Å². The second-order valence-corrected chi connectivity index (χ2v) is 8.11. The van der Waals surface area contributed by atoms with Crippen LogP contribution in [0.4, 0.5) is 5.69 Å². The molecule has 8 heteroatoms. The zero-order valence-electron chi connectivity index (χ0n) is 18.6. The number of nitrogens with one attached hydrogen (secondary N) is 2. The van der Waals surface area contributed by atoms with Gasteiger partial charge in [-0.2, -0.15) is 5.10 Å². The molecule has 4 rings (SSSR count). The Bertz CT molecular complexity index is 1180. The minimum atomic E-state index is -0.512. The maximum Gasteiger partial charge on any atom is 0.310 e. The first kappa shape index (κ1) is 22.3. The Kier molecular flexibility index (Phi) is 6.53. The van der Waals surface area contributed by atoms with Crippen molar-refractivity contribution in [2.45, 2.75) is 39.2 Å². The number of amides is 2. The first-order valence-corrected chi connectivity index (χ1v) is 10.9. The number of para-hydroxylation sites is 1. The summed E-state index contributed by atoms with van der Waals surface area (Å²) < 4.78 is 6.96. The summed E-state index contributed by atoms with van der Waals surface area (Å²) in [5, 5.41) is 10.1. The number of nitrogens with zero attached hydrogens (tertiary/aromatic N) is 2. The molecule has 0 aliphatic heterocycles. The van der Waals surface area contributed by atoms with Gasteiger partial charge in [0.15, 0.2) is 6.61 Å². The third-order valence-electron chi connectivity index (χ3n) is 5.45. The number of hydrogen-bond donors (Lipinski definition) is 2. The Morgan fingerprint density at radius 3 is 2.55 bits per heavy atom. The van der Waals surface area contributed by atoms with E-state index in [9.17, 15) is 14.4 Å². The van der Waals surface area contributed by atoms with E-state index in [1.807, 2.05) is 44.2 Å². The maximum atomic E-state index is 12.4. The number of carbonyl (C=O) groups is 3. The molecule has 2 N–H and O–H groups in total. The molecular formula is C25H26N4O4. The average Bonchev–Trinajstić information content (AvgIpc) is 3.59. The molecule has 0 atom stereocenters. The van der Waals surface area contributed by atoms with Crippen molar-refractivity contribution < 1.29 is 19.1 Å². The number of carbonyl (C=O) groups excluding carboxylic acids is 3. The van der Waals surface area contributed by atoms with E-state index in [0.717, 1.165) is 35.5 Å². The molecule has 2 amide bonds. The number of esters is 1. The fourth-order valence-electron chi connectivity index (χ4n) is 3.52. The molecule has 0 unspecified atom stereocenters. The predicted octanol–water partition coefficient (Wildman–Crippen LogP) is 3.11. The van der Waals surface area contributed by atoms with Crippen molar-refractivity contribution >= 4 is 23.5 Å². The minimum Gasteiger partial charge on any atom is -0.455 e. The molecule has 1 fully saturated rings. The quantitative estimate of drug-likeness (QED) is 0.518. The number of hydrogen-bond acceptors (Lipinski definition) is 5. The van der Waals surface area contributed by atoms with Crippen LogP contribution in [0.2, 0.25) is 0 Å². The van der Waals surface area contributed by atoms with Crippen LogP contribution < -0.4 is 10.6 Å². The first-order chi connectivity index (χ1) is 15.9. The minimum absolute atomic E-state index is 0.0224. The molecule has 1 aromatic heterocycles. The fourth-order valence-corrected chi connectivity index (χ4v) is 3.52. The molecular weight excluding hydrogens is 420 g/mol. The number of benzene rings is 2. The maximum absolute atomic E-state index is 12.4. The van der Waals surface area contributed by atoms with Crippen molar-refractivity contribution in [2.24, 2.45) is 0 Å². The topological polar surface area (TPSA) is 102 Å². The second kappa shape index (κ2) is 9.68. The van der Waals surface area contributed by atoms with Crippen LogP contribution in [0.3, 0.4) is 0 Å². The van der Waals surface area contributed by atoms with Gasteiger partial charge in [0.05, 0.1) is 17.8 Å². The van der Waals surface area contributed by atoms with Crippen molar-refractivity contribution in [1.82, 2.24) is 15.1 Å². The van der Waals surface area contributed by atoms with E-state index >= 15 is 0 Å². The van der Waals surface area contributed by atoms with Gasteiger partial charge >= 0.3 is 5.97 Å². The van der Waals surface area contributed by atoms with Crippen LogP contribution in [0.1, 0.15) is 40.2 Å². The summed E-state index contributed by atoms with van der Waals surface area (Å²) in [7, 11) is 0. The van der Waals surface area contributed by atoms with Crippen molar-refractivity contribution in [2.75, 3.05) is 11.9 Å². The predicted molar refractivity (Wildman–Crippen MR) is 123 cm³/mol. The molecule has 170 valence electrons. The highest BCUT2D eigenvalue weighted by molar-refractivity contribution is 5.98. The average molecular weight is 447 g/mol. The molecule has 1 heterocycles. The standard InChI is InChI=1S/C25H26N4O4/c1-16-22(17(2)29(28-16)21-9-4-3-5-10-21)14-24(31)33-15-23(30)26-20-8-6-7-18(13-20)25(32)27-19-11-12-19/h3-10,13,19H,11-12,14-15H2,1-2H3,(H,26,30)(H,27,32). The van der Waals surface area contributed by atoms with Gasteiger partial charge in [0.25, 0.3) is 11.8 Å². The third kappa shape index (κ3) is 5.65. The molecule has 33 heavy (non-hydrogen) atoms. The highest BCUT2D eigenvalue weighted by Crippen LogP contribution is 2.20. The third-order valence-corrected chi connectivity index (χ3v) is 5.45. The van der Waals surface area contributed by atoms with Crippen molar-refractivity contribution in [3.63, 3.8) is 0 Å². The Hall–Kier alpha value is -3.94. The summed E-state index contributed by atoms with van der Waals surface area (Å²) in [4.78, 5) is 36.8. The van der Waals surface area contributed by atoms with E-state index in [-0.39, 0.29) is 18.4 Å². The number of anilines is 1. The summed E-state index contributed by atoms with van der Waals surface area (Å²) in [6.07, 6.45) is 2.02. The van der Waals surface area contributed by atoms with Crippen LogP contribution in [0.15, 0.2) is 54.6 Å². The molecule has 0 radical (unpaired) electrons. The molecule has 1 aliphatic rings. The van der Waals surface area contributed by atoms with Crippen molar-refractivity contribution in [1.29, 1.82) is 0 Å². The Morgan fingerprint density at radius 1 is 1.06 bits per heavy atom. The van der Waals surface area contributed by atoms with E-state index in [1.54, 1.807) is 28.9 Å². The number of rotatable bonds is 8. The molecule has 2 aromatic carbocycles. The monoisotopic (exact) mass is 446 g/mol. The first-order valence-electron chi connectivity index (χ1n) is 10.9. The number of aromatic nitrogens is 2. The van der Waals surface area contributed by atoms with Gasteiger partial charge in [-0.15, -0.1) is 0 Å². The van der Waals surface area contributed by atoms with Gasteiger partial charge in [0.2, 0.25) is 0 Å². The lowest BCUT2D eigenvalue weighted by Crippen LogP contribution is -2.25. The molecule has 0 bridgehead atoms. The van der Waals surface area contributed by atoms with Crippen LogP contribution in [0.5, 0.6) is 0 Å². The molecule has 1 saturated carbocycles. The van der Waals surface area contributed by atoms with Gasteiger partial charge in [-0.25, -0.2) is 4.68 Å². The smallest absolute Gasteiger partial charge is 0.310 e. The van der Waals surface area contributed by atoms with Crippen LogP contribution >= 0.6 is 0 Å². The lowest BCUT2D eigenvalue weighted by Gasteiger charge is -2.09. The zero-order chi connectivity index (χ0) is 23.4. The van der Waals surface area contributed by atoms with Gasteiger partial charge < -0.3 is 15.4 Å². The summed E-state index contributed by atoms with van der Waals surface area (Å²) in [5.41, 5.74) is 4.21. The van der Waals surface area contributed by atoms with E-state index in [2.05, 4.69) is 15.7 Å². The Labute approximate surface area is 191 Å². The Morgan fingerprint density at radius 2 is 1.82 bits per heavy atom. The van der Waals surface area contributed by atoms with Crippen LogP contribution in [-0.2, 0) is 20.7 Å². The SMILES string of the molecule is Cc1nn(-c2ccccc2)c(C)c1CC(=O)OCC(=O)Nc1cccc(C(=O)NC2CC2)c1. The zero-order valence-corrected chi connectivity index (χ0v) is 18.6. The number of ether oxygens (including phenoxy) is 1. The molecule has 3 aromatic rings.